The van der Waals surface area contributed by atoms with Gasteiger partial charge in [0.15, 0.2) is 5.92 Å². The molecule has 0 saturated carbocycles. The van der Waals surface area contributed by atoms with E-state index in [0.29, 0.717) is 12.8 Å². The van der Waals surface area contributed by atoms with Crippen LogP contribution in [0.4, 0.5) is 0 Å². The fraction of sp³-hybridized carbons (Fsp3) is 0.615. The molecule has 0 heterocycles. The Morgan fingerprint density at radius 2 is 1.63 bits per heavy atom. The number of esters is 3. The van der Waals surface area contributed by atoms with E-state index in [0.717, 1.165) is 0 Å². The molecule has 0 fully saturated rings. The van der Waals surface area contributed by atoms with Crippen LogP contribution in [-0.4, -0.2) is 38.2 Å². The number of carbonyl (C=O) groups is 3. The van der Waals surface area contributed by atoms with Gasteiger partial charge >= 0.3 is 17.9 Å². The van der Waals surface area contributed by atoms with Crippen LogP contribution in [0.3, 0.4) is 0 Å². The lowest BCUT2D eigenvalue weighted by atomic mass is 9.83. The predicted molar refractivity (Wildman–Crippen MR) is 64.9 cm³/mol. The van der Waals surface area contributed by atoms with Crippen molar-refractivity contribution in [1.82, 2.24) is 0 Å². The highest BCUT2D eigenvalue weighted by Crippen LogP contribution is 2.28. The predicted octanol–water partition coefficient (Wildman–Crippen LogP) is 0.846. The van der Waals surface area contributed by atoms with Crippen molar-refractivity contribution in [3.05, 3.63) is 12.2 Å². The van der Waals surface area contributed by atoms with Crippen molar-refractivity contribution in [3.8, 4) is 0 Å². The highest BCUT2D eigenvalue weighted by molar-refractivity contribution is 5.95. The number of methoxy groups -OCH3 is 2. The molecule has 0 aromatic rings. The van der Waals surface area contributed by atoms with E-state index in [1.165, 1.54) is 21.1 Å². The normalized spacial score (nSPS) is 21.9. The molecule has 1 rings (SSSR count). The van der Waals surface area contributed by atoms with Crippen LogP contribution in [0, 0.1) is 11.8 Å². The summed E-state index contributed by atoms with van der Waals surface area (Å²) in [4.78, 5) is 34.1. The molecule has 0 unspecified atom stereocenters. The molecule has 1 aliphatic carbocycles. The molecule has 2 atom stereocenters. The standard InChI is InChI=1S/C13H18O6/c1-8(14)19-10-6-4-9(5-7-10)11(12(15)17-2)13(16)18-3/h4,6,9-11H,5,7H2,1-3H3/t9-,10-/m0/s1. The van der Waals surface area contributed by atoms with Gasteiger partial charge in [-0.05, 0) is 18.9 Å². The van der Waals surface area contributed by atoms with Crippen LogP contribution in [0.5, 0.6) is 0 Å². The average Bonchev–Trinajstić information content (AvgIpc) is 2.39. The third kappa shape index (κ3) is 4.08. The molecule has 19 heavy (non-hydrogen) atoms. The lowest BCUT2D eigenvalue weighted by Crippen LogP contribution is -2.34. The number of ether oxygens (including phenoxy) is 3. The lowest BCUT2D eigenvalue weighted by Gasteiger charge is -2.26. The van der Waals surface area contributed by atoms with Gasteiger partial charge in [-0.2, -0.15) is 0 Å². The summed E-state index contributed by atoms with van der Waals surface area (Å²) in [7, 11) is 2.46. The van der Waals surface area contributed by atoms with Gasteiger partial charge in [-0.15, -0.1) is 0 Å². The minimum Gasteiger partial charge on any atom is -0.468 e. The van der Waals surface area contributed by atoms with Crippen LogP contribution < -0.4 is 0 Å². The van der Waals surface area contributed by atoms with E-state index in [1.54, 1.807) is 12.2 Å². The molecular formula is C13H18O6. The fourth-order valence-electron chi connectivity index (χ4n) is 2.10. The minimum absolute atomic E-state index is 0.299. The average molecular weight is 270 g/mol. The Bertz CT molecular complexity index is 371. The number of hydrogen-bond acceptors (Lipinski definition) is 6. The fourth-order valence-corrected chi connectivity index (χ4v) is 2.10. The Hall–Kier alpha value is -1.85. The molecule has 0 amide bonds. The van der Waals surface area contributed by atoms with Crippen LogP contribution in [0.2, 0.25) is 0 Å². The summed E-state index contributed by atoms with van der Waals surface area (Å²) >= 11 is 0. The monoisotopic (exact) mass is 270 g/mol. The Morgan fingerprint density at radius 3 is 2.00 bits per heavy atom. The third-order valence-corrected chi connectivity index (χ3v) is 3.01. The van der Waals surface area contributed by atoms with Gasteiger partial charge in [0.2, 0.25) is 0 Å². The smallest absolute Gasteiger partial charge is 0.320 e. The molecule has 0 N–H and O–H groups in total. The molecule has 0 aromatic carbocycles. The summed E-state index contributed by atoms with van der Waals surface area (Å²) in [5.41, 5.74) is 0. The first kappa shape index (κ1) is 15.2. The van der Waals surface area contributed by atoms with E-state index in [2.05, 4.69) is 9.47 Å². The van der Waals surface area contributed by atoms with Gasteiger partial charge in [-0.1, -0.05) is 6.08 Å². The summed E-state index contributed by atoms with van der Waals surface area (Å²) in [6.07, 6.45) is 4.20. The van der Waals surface area contributed by atoms with Gasteiger partial charge in [-0.25, -0.2) is 0 Å². The number of carbonyl (C=O) groups excluding carboxylic acids is 3. The van der Waals surface area contributed by atoms with Crippen molar-refractivity contribution in [1.29, 1.82) is 0 Å². The zero-order chi connectivity index (χ0) is 14.4. The summed E-state index contributed by atoms with van der Waals surface area (Å²) in [6, 6.07) is 0. The number of hydrogen-bond donors (Lipinski definition) is 0. The Kier molecular flexibility index (Phi) is 5.54. The van der Waals surface area contributed by atoms with Crippen LogP contribution in [-0.2, 0) is 28.6 Å². The van der Waals surface area contributed by atoms with Crippen molar-refractivity contribution in [2.45, 2.75) is 25.9 Å². The van der Waals surface area contributed by atoms with Crippen LogP contribution in [0.15, 0.2) is 12.2 Å². The number of rotatable bonds is 4. The van der Waals surface area contributed by atoms with E-state index in [9.17, 15) is 14.4 Å². The largest absolute Gasteiger partial charge is 0.468 e. The van der Waals surface area contributed by atoms with Crippen LogP contribution in [0.25, 0.3) is 0 Å². The van der Waals surface area contributed by atoms with E-state index < -0.39 is 17.9 Å². The van der Waals surface area contributed by atoms with E-state index >= 15 is 0 Å². The summed E-state index contributed by atoms with van der Waals surface area (Å²) in [5.74, 6) is -2.86. The highest BCUT2D eigenvalue weighted by Gasteiger charge is 2.37. The zero-order valence-electron chi connectivity index (χ0n) is 11.3. The van der Waals surface area contributed by atoms with Crippen molar-refractivity contribution >= 4 is 17.9 Å². The summed E-state index contributed by atoms with van der Waals surface area (Å²) in [6.45, 7) is 1.34. The SMILES string of the molecule is COC(=O)C(C(=O)OC)[C@H]1C=C[C@H](OC(C)=O)CC1. The zero-order valence-corrected chi connectivity index (χ0v) is 11.3. The molecule has 0 bridgehead atoms. The van der Waals surface area contributed by atoms with Gasteiger partial charge in [0, 0.05) is 12.8 Å². The summed E-state index contributed by atoms with van der Waals surface area (Å²) < 4.78 is 14.3. The van der Waals surface area contributed by atoms with Crippen LogP contribution >= 0.6 is 0 Å². The molecule has 0 radical (unpaired) electrons. The Morgan fingerprint density at radius 1 is 1.05 bits per heavy atom. The molecule has 0 aliphatic heterocycles. The molecule has 0 saturated heterocycles. The second-order valence-corrected chi connectivity index (χ2v) is 4.30. The van der Waals surface area contributed by atoms with E-state index in [-0.39, 0.29) is 18.0 Å². The minimum atomic E-state index is -0.968. The maximum Gasteiger partial charge on any atom is 0.320 e. The molecule has 0 spiro atoms. The maximum atomic E-state index is 11.6. The topological polar surface area (TPSA) is 78.9 Å². The Labute approximate surface area is 111 Å². The molecular weight excluding hydrogens is 252 g/mol. The second kappa shape index (κ2) is 6.92. The first-order chi connectivity index (χ1) is 8.99. The van der Waals surface area contributed by atoms with Crippen molar-refractivity contribution < 1.29 is 28.6 Å². The first-order valence-corrected chi connectivity index (χ1v) is 6.00. The van der Waals surface area contributed by atoms with Crippen molar-refractivity contribution in [3.63, 3.8) is 0 Å². The maximum absolute atomic E-state index is 11.6. The van der Waals surface area contributed by atoms with Crippen molar-refractivity contribution in [2.24, 2.45) is 11.8 Å². The highest BCUT2D eigenvalue weighted by atomic mass is 16.5. The molecule has 6 heteroatoms. The van der Waals surface area contributed by atoms with Gasteiger partial charge in [-0.3, -0.25) is 14.4 Å². The van der Waals surface area contributed by atoms with E-state index in [4.69, 9.17) is 4.74 Å². The van der Waals surface area contributed by atoms with Gasteiger partial charge < -0.3 is 14.2 Å². The van der Waals surface area contributed by atoms with Gasteiger partial charge in [0.25, 0.3) is 0 Å². The number of allylic oxidation sites excluding steroid dienone is 1. The van der Waals surface area contributed by atoms with Crippen molar-refractivity contribution in [2.75, 3.05) is 14.2 Å². The second-order valence-electron chi connectivity index (χ2n) is 4.30. The summed E-state index contributed by atoms with van der Waals surface area (Å²) in [5, 5.41) is 0. The van der Waals surface area contributed by atoms with Crippen LogP contribution in [0.1, 0.15) is 19.8 Å². The van der Waals surface area contributed by atoms with Gasteiger partial charge in [0.1, 0.15) is 6.10 Å². The van der Waals surface area contributed by atoms with E-state index in [1.807, 2.05) is 0 Å². The molecule has 0 aromatic heterocycles. The lowest BCUT2D eigenvalue weighted by molar-refractivity contribution is -0.161. The molecule has 106 valence electrons. The third-order valence-electron chi connectivity index (χ3n) is 3.01. The quantitative estimate of drug-likeness (QED) is 0.326. The first-order valence-electron chi connectivity index (χ1n) is 6.00. The Balaban J connectivity index is 2.75. The van der Waals surface area contributed by atoms with Gasteiger partial charge in [0.05, 0.1) is 14.2 Å². The molecule has 1 aliphatic rings. The molecule has 6 nitrogen and oxygen atoms in total.